The van der Waals surface area contributed by atoms with Crippen molar-refractivity contribution >= 4 is 17.5 Å². The Morgan fingerprint density at radius 3 is 2.44 bits per heavy atom. The van der Waals surface area contributed by atoms with Crippen molar-refractivity contribution in [1.82, 2.24) is 29.5 Å². The molecule has 4 heterocycles. The van der Waals surface area contributed by atoms with E-state index in [2.05, 4.69) is 90.7 Å². The van der Waals surface area contributed by atoms with Gasteiger partial charge in [-0.3, -0.25) is 0 Å². The number of benzene rings is 2. The Bertz CT molecular complexity index is 1540. The first-order valence-electron chi connectivity index (χ1n) is 14.6. The van der Waals surface area contributed by atoms with Gasteiger partial charge in [0.15, 0.2) is 0 Å². The van der Waals surface area contributed by atoms with Gasteiger partial charge in [-0.1, -0.05) is 12.1 Å². The third-order valence-corrected chi connectivity index (χ3v) is 8.58. The predicted octanol–water partition coefficient (Wildman–Crippen LogP) is 4.53. The normalized spacial score (nSPS) is 17.2. The molecule has 41 heavy (non-hydrogen) atoms. The van der Waals surface area contributed by atoms with Crippen molar-refractivity contribution in [2.24, 2.45) is 0 Å². The Balaban J connectivity index is 1.12. The minimum absolute atomic E-state index is 0.329. The molecule has 0 bridgehead atoms. The van der Waals surface area contributed by atoms with Crippen molar-refractivity contribution in [1.29, 1.82) is 0 Å². The van der Waals surface area contributed by atoms with Crippen molar-refractivity contribution in [2.45, 2.75) is 32.2 Å². The molecular weight excluding hydrogens is 510 g/mol. The number of hydrogen-bond donors (Lipinski definition) is 2. The summed E-state index contributed by atoms with van der Waals surface area (Å²) in [6, 6.07) is 19.3. The van der Waals surface area contributed by atoms with Crippen LogP contribution in [0.4, 0.5) is 17.5 Å². The van der Waals surface area contributed by atoms with Crippen LogP contribution in [0, 0.1) is 0 Å². The highest BCUT2D eigenvalue weighted by Gasteiger charge is 2.25. The zero-order valence-electron chi connectivity index (χ0n) is 23.6. The Morgan fingerprint density at radius 1 is 0.878 bits per heavy atom. The molecule has 210 valence electrons. The molecule has 0 unspecified atom stereocenters. The van der Waals surface area contributed by atoms with Crippen molar-refractivity contribution in [3.05, 3.63) is 89.5 Å². The second-order valence-corrected chi connectivity index (χ2v) is 11.3. The summed E-state index contributed by atoms with van der Waals surface area (Å²) in [6.07, 6.45) is 8.37. The molecule has 0 radical (unpaired) electrons. The Morgan fingerprint density at radius 2 is 1.71 bits per heavy atom. The van der Waals surface area contributed by atoms with Gasteiger partial charge in [0.05, 0.1) is 11.4 Å². The molecule has 2 aromatic carbocycles. The lowest BCUT2D eigenvalue weighted by Crippen LogP contribution is -2.44. The van der Waals surface area contributed by atoms with Gasteiger partial charge in [0.25, 0.3) is 0 Å². The van der Waals surface area contributed by atoms with E-state index in [1.165, 1.54) is 28.9 Å². The smallest absolute Gasteiger partial charge is 0.222 e. The van der Waals surface area contributed by atoms with Gasteiger partial charge in [-0.05, 0) is 85.8 Å². The molecule has 0 spiro atoms. The summed E-state index contributed by atoms with van der Waals surface area (Å²) >= 11 is 0. The Labute approximate surface area is 241 Å². The number of aromatic nitrogens is 4. The quantitative estimate of drug-likeness (QED) is 0.364. The predicted molar refractivity (Wildman–Crippen MR) is 164 cm³/mol. The summed E-state index contributed by atoms with van der Waals surface area (Å²) in [5.74, 6) is 2.51. The molecule has 3 N–H and O–H groups in total. The molecule has 1 saturated carbocycles. The van der Waals surface area contributed by atoms with Gasteiger partial charge in [0, 0.05) is 69.0 Å². The van der Waals surface area contributed by atoms with E-state index in [4.69, 9.17) is 5.73 Å². The lowest BCUT2D eigenvalue weighted by atomic mass is 9.90. The third kappa shape index (κ3) is 5.37. The first kappa shape index (κ1) is 25.6. The maximum atomic E-state index is 6.21. The highest BCUT2D eigenvalue weighted by Crippen LogP contribution is 2.35. The van der Waals surface area contributed by atoms with Crippen LogP contribution in [0.2, 0.25) is 0 Å². The molecule has 2 aliphatic heterocycles. The molecule has 0 amide bonds. The van der Waals surface area contributed by atoms with Crippen LogP contribution in [0.25, 0.3) is 16.9 Å². The second kappa shape index (κ2) is 10.9. The number of nitrogen functional groups attached to an aromatic ring is 1. The summed E-state index contributed by atoms with van der Waals surface area (Å²) in [5.41, 5.74) is 14.6. The van der Waals surface area contributed by atoms with E-state index in [-0.39, 0.29) is 0 Å². The van der Waals surface area contributed by atoms with E-state index in [0.717, 1.165) is 87.0 Å². The topological polar surface area (TPSA) is 91.4 Å². The molecule has 2 aromatic heterocycles. The standard InChI is InChI=1S/C32H37N9/c1-38-16-18-39(19-17-38)30-21-29(36-32(33)37-30)25-7-6-23-12-15-40(22-26(23)20-25)31(24-4-2-5-24)35-27-8-10-28(11-9-27)41-14-3-13-34-41/h3,6-11,13-14,20-21,35H,2,4-5,12,15-19,22H2,1H3,(H2,33,36,37). The van der Waals surface area contributed by atoms with E-state index >= 15 is 0 Å². The monoisotopic (exact) mass is 547 g/mol. The molecule has 9 nitrogen and oxygen atoms in total. The average molecular weight is 548 g/mol. The minimum Gasteiger partial charge on any atom is -0.368 e. The fourth-order valence-corrected chi connectivity index (χ4v) is 5.94. The van der Waals surface area contributed by atoms with Gasteiger partial charge >= 0.3 is 0 Å². The third-order valence-electron chi connectivity index (χ3n) is 8.58. The fourth-order valence-electron chi connectivity index (χ4n) is 5.94. The van der Waals surface area contributed by atoms with Gasteiger partial charge in [-0.15, -0.1) is 0 Å². The van der Waals surface area contributed by atoms with Crippen LogP contribution in [0.15, 0.2) is 78.4 Å². The number of fused-ring (bicyclic) bond motifs is 1. The number of nitrogens with one attached hydrogen (secondary N) is 1. The van der Waals surface area contributed by atoms with Gasteiger partial charge in [-0.25, -0.2) is 9.67 Å². The number of rotatable bonds is 6. The van der Waals surface area contributed by atoms with Crippen LogP contribution in [0.1, 0.15) is 30.4 Å². The van der Waals surface area contributed by atoms with Gasteiger partial charge < -0.3 is 25.8 Å². The maximum Gasteiger partial charge on any atom is 0.222 e. The molecule has 1 aliphatic carbocycles. The largest absolute Gasteiger partial charge is 0.368 e. The Hall–Kier alpha value is -4.37. The van der Waals surface area contributed by atoms with E-state index in [0.29, 0.717) is 5.95 Å². The number of nitrogens with zero attached hydrogens (tertiary/aromatic N) is 7. The number of anilines is 3. The zero-order valence-corrected chi connectivity index (χ0v) is 23.6. The molecule has 7 rings (SSSR count). The van der Waals surface area contributed by atoms with Gasteiger partial charge in [0.2, 0.25) is 5.95 Å². The zero-order chi connectivity index (χ0) is 27.8. The SMILES string of the molecule is CN1CCN(c2cc(-c3ccc4c(c3)CN(C(Nc3ccc(-n5cccn5)cc3)=C3CCC3)CC4)nc(N)n2)CC1. The number of nitrogens with two attached hydrogens (primary N) is 1. The van der Waals surface area contributed by atoms with Crippen LogP contribution in [-0.4, -0.2) is 69.3 Å². The van der Waals surface area contributed by atoms with Crippen LogP contribution in [0.5, 0.6) is 0 Å². The van der Waals surface area contributed by atoms with Gasteiger partial charge in [0.1, 0.15) is 11.6 Å². The lowest BCUT2D eigenvalue weighted by Gasteiger charge is -2.37. The summed E-state index contributed by atoms with van der Waals surface area (Å²) in [6.45, 7) is 5.80. The van der Waals surface area contributed by atoms with Crippen LogP contribution < -0.4 is 16.0 Å². The molecular formula is C32H37N9. The lowest BCUT2D eigenvalue weighted by molar-refractivity contribution is 0.312. The van der Waals surface area contributed by atoms with E-state index in [1.807, 2.05) is 16.9 Å². The molecule has 1 saturated heterocycles. The minimum atomic E-state index is 0.329. The first-order valence-corrected chi connectivity index (χ1v) is 14.6. The molecule has 9 heteroatoms. The molecule has 3 aliphatic rings. The average Bonchev–Trinajstić information content (AvgIpc) is 3.51. The van der Waals surface area contributed by atoms with Crippen molar-refractivity contribution in [2.75, 3.05) is 55.7 Å². The Kier molecular flexibility index (Phi) is 6.80. The van der Waals surface area contributed by atoms with Crippen LogP contribution in [-0.2, 0) is 13.0 Å². The van der Waals surface area contributed by atoms with E-state index < -0.39 is 0 Å². The van der Waals surface area contributed by atoms with Crippen LogP contribution in [0.3, 0.4) is 0 Å². The summed E-state index contributed by atoms with van der Waals surface area (Å²) < 4.78 is 1.88. The fraction of sp³-hybridized carbons (Fsp3) is 0.344. The second-order valence-electron chi connectivity index (χ2n) is 11.3. The van der Waals surface area contributed by atoms with Gasteiger partial charge in [-0.2, -0.15) is 10.1 Å². The molecule has 0 atom stereocenters. The highest BCUT2D eigenvalue weighted by molar-refractivity contribution is 5.66. The first-order chi connectivity index (χ1) is 20.1. The molecule has 4 aromatic rings. The number of likely N-dealkylation sites (N-methyl/N-ethyl adjacent to an activating group) is 1. The van der Waals surface area contributed by atoms with Crippen molar-refractivity contribution in [3.63, 3.8) is 0 Å². The van der Waals surface area contributed by atoms with E-state index in [1.54, 1.807) is 6.20 Å². The van der Waals surface area contributed by atoms with E-state index in [9.17, 15) is 0 Å². The van der Waals surface area contributed by atoms with Crippen LogP contribution >= 0.6 is 0 Å². The van der Waals surface area contributed by atoms with Crippen molar-refractivity contribution < 1.29 is 0 Å². The number of piperazine rings is 1. The summed E-state index contributed by atoms with van der Waals surface area (Å²) in [5, 5.41) is 8.13. The number of hydrogen-bond acceptors (Lipinski definition) is 8. The maximum absolute atomic E-state index is 6.21. The highest BCUT2D eigenvalue weighted by atomic mass is 15.3. The summed E-state index contributed by atoms with van der Waals surface area (Å²) in [7, 11) is 2.16. The molecule has 2 fully saturated rings. The number of allylic oxidation sites excluding steroid dienone is 1. The summed E-state index contributed by atoms with van der Waals surface area (Å²) in [4.78, 5) is 16.4. The van der Waals surface area contributed by atoms with Crippen molar-refractivity contribution in [3.8, 4) is 16.9 Å².